The zero-order valence-electron chi connectivity index (χ0n) is 30.1. The second-order valence-corrected chi connectivity index (χ2v) is 13.0. The molecule has 2 N–H and O–H groups in total. The van der Waals surface area contributed by atoms with Crippen LogP contribution in [-0.2, 0) is 44.9 Å². The van der Waals surface area contributed by atoms with Crippen molar-refractivity contribution in [3.8, 4) is 11.1 Å². The highest BCUT2D eigenvalue weighted by molar-refractivity contribution is 6.36. The average molecular weight is 742 g/mol. The summed E-state index contributed by atoms with van der Waals surface area (Å²) >= 11 is 13.2. The topological polar surface area (TPSA) is 142 Å². The Bertz CT molecular complexity index is 1900. The van der Waals surface area contributed by atoms with E-state index in [9.17, 15) is 19.2 Å². The van der Waals surface area contributed by atoms with E-state index in [4.69, 9.17) is 23.2 Å². The highest BCUT2D eigenvalue weighted by Gasteiger charge is 2.25. The maximum atomic E-state index is 13.0. The Labute approximate surface area is 314 Å². The zero-order chi connectivity index (χ0) is 37.9. The Morgan fingerprint density at radius 3 is 1.21 bits per heavy atom. The van der Waals surface area contributed by atoms with Gasteiger partial charge in [-0.1, -0.05) is 75.2 Å². The Morgan fingerprint density at radius 2 is 0.904 bits per heavy atom. The number of nitrogens with one attached hydrogen (secondary N) is 2. The summed E-state index contributed by atoms with van der Waals surface area (Å²) in [5.41, 5.74) is 7.63. The highest BCUT2D eigenvalue weighted by Crippen LogP contribution is 2.37. The van der Waals surface area contributed by atoms with Crippen LogP contribution in [0.4, 0.5) is 22.7 Å². The lowest BCUT2D eigenvalue weighted by atomic mass is 10.0. The minimum absolute atomic E-state index is 0.297. The molecule has 10 nitrogen and oxygen atoms in total. The number of aryl methyl sites for hydroxylation is 4. The van der Waals surface area contributed by atoms with Crippen molar-refractivity contribution in [2.45, 2.75) is 79.3 Å². The third kappa shape index (κ3) is 10.0. The summed E-state index contributed by atoms with van der Waals surface area (Å²) in [5, 5.41) is 22.5. The van der Waals surface area contributed by atoms with E-state index in [0.717, 1.165) is 36.8 Å². The third-order valence-electron chi connectivity index (χ3n) is 8.51. The van der Waals surface area contributed by atoms with Crippen molar-refractivity contribution in [1.82, 2.24) is 0 Å². The monoisotopic (exact) mass is 740 g/mol. The van der Waals surface area contributed by atoms with Crippen molar-refractivity contribution in [2.24, 2.45) is 20.5 Å². The van der Waals surface area contributed by atoms with Crippen LogP contribution in [0.1, 0.15) is 63.8 Å². The molecule has 0 fully saturated rings. The molecule has 0 saturated heterocycles. The van der Waals surface area contributed by atoms with Gasteiger partial charge in [-0.25, -0.2) is 0 Å². The zero-order valence-corrected chi connectivity index (χ0v) is 31.6. The van der Waals surface area contributed by atoms with Crippen molar-refractivity contribution >= 4 is 69.3 Å². The SMILES string of the molecule is CCc1ccc(NC(=O)C(N=Nc2ccc(-c3ccc(N=NC(C(C)=O)C(=O)Nc4ccc(CC)c(CC)c4)cc3Cl)c(Cl)c2)C(C)=O)cc1CC. The molecule has 2 atom stereocenters. The minimum Gasteiger partial charge on any atom is -0.324 e. The van der Waals surface area contributed by atoms with Crippen LogP contribution >= 0.6 is 23.2 Å². The predicted molar refractivity (Wildman–Crippen MR) is 208 cm³/mol. The fourth-order valence-corrected chi connectivity index (χ4v) is 6.18. The molecule has 0 saturated carbocycles. The number of ketones is 2. The number of anilines is 2. The van der Waals surface area contributed by atoms with Gasteiger partial charge >= 0.3 is 0 Å². The Hall–Kier alpha value is -5.06. The lowest BCUT2D eigenvalue weighted by Gasteiger charge is -2.13. The molecular weight excluding hydrogens is 699 g/mol. The molecule has 2 unspecified atom stereocenters. The van der Waals surface area contributed by atoms with E-state index in [1.807, 2.05) is 38.1 Å². The molecule has 0 aliphatic heterocycles. The summed E-state index contributed by atoms with van der Waals surface area (Å²) in [6.07, 6.45) is 3.39. The van der Waals surface area contributed by atoms with Crippen LogP contribution in [0.2, 0.25) is 10.0 Å². The molecule has 0 heterocycles. The van der Waals surface area contributed by atoms with Gasteiger partial charge in [0.1, 0.15) is 0 Å². The summed E-state index contributed by atoms with van der Waals surface area (Å²) in [7, 11) is 0. The number of benzene rings is 4. The molecule has 270 valence electrons. The molecule has 12 heteroatoms. The minimum atomic E-state index is -1.35. The first kappa shape index (κ1) is 39.7. The van der Waals surface area contributed by atoms with Crippen LogP contribution in [0.15, 0.2) is 93.3 Å². The van der Waals surface area contributed by atoms with Crippen molar-refractivity contribution in [1.29, 1.82) is 0 Å². The lowest BCUT2D eigenvalue weighted by Crippen LogP contribution is -2.31. The summed E-state index contributed by atoms with van der Waals surface area (Å²) in [4.78, 5) is 50.7. The van der Waals surface area contributed by atoms with E-state index < -0.39 is 35.5 Å². The second-order valence-electron chi connectivity index (χ2n) is 12.1. The van der Waals surface area contributed by atoms with Gasteiger partial charge in [0.2, 0.25) is 12.1 Å². The van der Waals surface area contributed by atoms with Crippen LogP contribution < -0.4 is 10.6 Å². The average Bonchev–Trinajstić information content (AvgIpc) is 3.11. The van der Waals surface area contributed by atoms with E-state index in [-0.39, 0.29) is 0 Å². The molecule has 4 aromatic carbocycles. The van der Waals surface area contributed by atoms with Crippen LogP contribution in [0, 0.1) is 0 Å². The maximum Gasteiger partial charge on any atom is 0.258 e. The number of carbonyl (C=O) groups is 4. The number of rotatable bonds is 15. The Morgan fingerprint density at radius 1 is 0.538 bits per heavy atom. The predicted octanol–water partition coefficient (Wildman–Crippen LogP) is 10.3. The third-order valence-corrected chi connectivity index (χ3v) is 9.14. The van der Waals surface area contributed by atoms with Crippen LogP contribution in [-0.4, -0.2) is 35.5 Å². The smallest absolute Gasteiger partial charge is 0.258 e. The standard InChI is InChI=1S/C40H42Cl2N6O4/c1-7-25-11-13-29(19-27(25)9-3)43-39(51)37(23(5)49)47-45-31-15-17-33(35(41)21-31)34-18-16-32(22-36(34)42)46-48-38(24(6)50)40(52)44-30-14-12-26(8-2)28(10-4)20-30/h11-22,37-38H,7-10H2,1-6H3,(H,43,51)(H,44,52). The van der Waals surface area contributed by atoms with Gasteiger partial charge < -0.3 is 10.6 Å². The summed E-state index contributed by atoms with van der Waals surface area (Å²) in [5.74, 6) is -2.10. The van der Waals surface area contributed by atoms with E-state index in [1.165, 1.54) is 25.0 Å². The lowest BCUT2D eigenvalue weighted by molar-refractivity contribution is -0.127. The number of hydrogen-bond donors (Lipinski definition) is 2. The number of hydrogen-bond acceptors (Lipinski definition) is 8. The largest absolute Gasteiger partial charge is 0.324 e. The number of azo groups is 2. The van der Waals surface area contributed by atoms with Gasteiger partial charge in [0.15, 0.2) is 11.6 Å². The molecule has 52 heavy (non-hydrogen) atoms. The van der Waals surface area contributed by atoms with Gasteiger partial charge in [-0.05, 0) is 110 Å². The second kappa shape index (κ2) is 18.4. The van der Waals surface area contributed by atoms with Crippen LogP contribution in [0.3, 0.4) is 0 Å². The molecular formula is C40H42Cl2N6O4. The molecule has 4 rings (SSSR count). The van der Waals surface area contributed by atoms with Gasteiger partial charge in [-0.3, -0.25) is 19.2 Å². The van der Waals surface area contributed by atoms with Crippen LogP contribution in [0.5, 0.6) is 0 Å². The fourth-order valence-electron chi connectivity index (χ4n) is 5.63. The Kier molecular flexibility index (Phi) is 14.1. The van der Waals surface area contributed by atoms with E-state index >= 15 is 0 Å². The molecule has 0 aromatic heterocycles. The Balaban J connectivity index is 1.46. The summed E-state index contributed by atoms with van der Waals surface area (Å²) < 4.78 is 0. The van der Waals surface area contributed by atoms with Gasteiger partial charge in [-0.15, -0.1) is 0 Å². The van der Waals surface area contributed by atoms with Gasteiger partial charge in [-0.2, -0.15) is 20.5 Å². The molecule has 0 aliphatic carbocycles. The van der Waals surface area contributed by atoms with Crippen molar-refractivity contribution < 1.29 is 19.2 Å². The molecule has 2 amide bonds. The van der Waals surface area contributed by atoms with Gasteiger partial charge in [0.05, 0.1) is 21.4 Å². The van der Waals surface area contributed by atoms with Crippen molar-refractivity contribution in [3.05, 3.63) is 105 Å². The highest BCUT2D eigenvalue weighted by atomic mass is 35.5. The number of carbonyl (C=O) groups excluding carboxylic acids is 4. The van der Waals surface area contributed by atoms with Crippen molar-refractivity contribution in [2.75, 3.05) is 10.6 Å². The fraction of sp³-hybridized carbons (Fsp3) is 0.300. The van der Waals surface area contributed by atoms with E-state index in [0.29, 0.717) is 43.9 Å². The molecule has 0 spiro atoms. The van der Waals surface area contributed by atoms with E-state index in [2.05, 4.69) is 44.9 Å². The first-order chi connectivity index (χ1) is 24.9. The summed E-state index contributed by atoms with van der Waals surface area (Å²) in [6.45, 7) is 10.8. The molecule has 0 bridgehead atoms. The number of halogens is 2. The summed E-state index contributed by atoms with van der Waals surface area (Å²) in [6, 6.07) is 18.4. The number of amides is 2. The van der Waals surface area contributed by atoms with Gasteiger partial charge in [0, 0.05) is 22.5 Å². The normalized spacial score (nSPS) is 12.5. The van der Waals surface area contributed by atoms with Gasteiger partial charge in [0.25, 0.3) is 11.8 Å². The first-order valence-electron chi connectivity index (χ1n) is 17.2. The number of nitrogens with zero attached hydrogens (tertiary/aromatic N) is 4. The first-order valence-corrected chi connectivity index (χ1v) is 17.9. The quantitative estimate of drug-likeness (QED) is 0.0924. The molecule has 0 radical (unpaired) electrons. The van der Waals surface area contributed by atoms with E-state index in [1.54, 1.807) is 48.5 Å². The molecule has 0 aliphatic rings. The molecule has 4 aromatic rings. The van der Waals surface area contributed by atoms with Crippen LogP contribution in [0.25, 0.3) is 11.1 Å². The number of Topliss-reactive ketones (excluding diaryl/α,β-unsaturated/α-hetero) is 2. The van der Waals surface area contributed by atoms with Crippen molar-refractivity contribution in [3.63, 3.8) is 0 Å². The maximum absolute atomic E-state index is 13.0.